The standard InChI is InChI=1S/C22H26N2O/c1-2-15-11-12-17-20(13-15)24(14-16-7-4-3-5-8-16)19-10-6-9-18(21(17)19)22(23)25/h6,9-13,16H,2-5,7-8,14H2,1H3,(H2,23,25). The van der Waals surface area contributed by atoms with Gasteiger partial charge < -0.3 is 10.3 Å². The highest BCUT2D eigenvalue weighted by molar-refractivity contribution is 6.17. The van der Waals surface area contributed by atoms with Crippen molar-refractivity contribution in [1.82, 2.24) is 4.57 Å². The number of amides is 1. The topological polar surface area (TPSA) is 48.0 Å². The quantitative estimate of drug-likeness (QED) is 0.714. The van der Waals surface area contributed by atoms with Crippen molar-refractivity contribution in [3.05, 3.63) is 47.5 Å². The normalized spacial score (nSPS) is 15.9. The lowest BCUT2D eigenvalue weighted by Crippen LogP contribution is -2.14. The molecule has 1 amide bonds. The molecular formula is C22H26N2O. The second kappa shape index (κ2) is 6.55. The Balaban J connectivity index is 1.96. The Morgan fingerprint density at radius 3 is 2.64 bits per heavy atom. The van der Waals surface area contributed by atoms with Gasteiger partial charge in [0.05, 0.1) is 0 Å². The van der Waals surface area contributed by atoms with Crippen molar-refractivity contribution in [3.8, 4) is 0 Å². The Labute approximate surface area is 148 Å². The summed E-state index contributed by atoms with van der Waals surface area (Å²) in [6, 6.07) is 12.6. The van der Waals surface area contributed by atoms with E-state index in [2.05, 4.69) is 35.8 Å². The molecule has 2 aromatic carbocycles. The van der Waals surface area contributed by atoms with Crippen molar-refractivity contribution in [1.29, 1.82) is 0 Å². The van der Waals surface area contributed by atoms with E-state index in [1.54, 1.807) is 0 Å². The fraction of sp³-hybridized carbons (Fsp3) is 0.409. The van der Waals surface area contributed by atoms with Crippen LogP contribution in [0.3, 0.4) is 0 Å². The molecule has 1 saturated carbocycles. The third-order valence-electron chi connectivity index (χ3n) is 5.79. The largest absolute Gasteiger partial charge is 0.366 e. The van der Waals surface area contributed by atoms with E-state index in [0.717, 1.165) is 35.2 Å². The molecule has 4 rings (SSSR count). The highest BCUT2D eigenvalue weighted by Gasteiger charge is 2.20. The molecule has 1 heterocycles. The number of carbonyl (C=O) groups excluding carboxylic acids is 1. The van der Waals surface area contributed by atoms with Gasteiger partial charge in [0, 0.05) is 33.9 Å². The number of rotatable bonds is 4. The smallest absolute Gasteiger partial charge is 0.249 e. The minimum atomic E-state index is -0.345. The van der Waals surface area contributed by atoms with Gasteiger partial charge in [-0.15, -0.1) is 0 Å². The number of benzene rings is 2. The molecule has 0 aliphatic heterocycles. The number of carbonyl (C=O) groups is 1. The lowest BCUT2D eigenvalue weighted by Gasteiger charge is -2.23. The minimum absolute atomic E-state index is 0.345. The lowest BCUT2D eigenvalue weighted by molar-refractivity contribution is 0.100. The Morgan fingerprint density at radius 1 is 1.12 bits per heavy atom. The van der Waals surface area contributed by atoms with Gasteiger partial charge in [0.25, 0.3) is 0 Å². The maximum absolute atomic E-state index is 12.0. The number of hydrogen-bond acceptors (Lipinski definition) is 1. The van der Waals surface area contributed by atoms with Gasteiger partial charge in [-0.1, -0.05) is 44.4 Å². The molecule has 1 aliphatic rings. The van der Waals surface area contributed by atoms with Crippen LogP contribution in [-0.2, 0) is 13.0 Å². The first-order valence-electron chi connectivity index (χ1n) is 9.52. The monoisotopic (exact) mass is 334 g/mol. The van der Waals surface area contributed by atoms with E-state index in [1.807, 2.05) is 12.1 Å². The summed E-state index contributed by atoms with van der Waals surface area (Å²) in [5.41, 5.74) is 10.0. The van der Waals surface area contributed by atoms with E-state index in [0.29, 0.717) is 5.56 Å². The molecule has 3 aromatic rings. The Bertz CT molecular complexity index is 932. The molecule has 130 valence electrons. The second-order valence-corrected chi connectivity index (χ2v) is 7.38. The van der Waals surface area contributed by atoms with Crippen LogP contribution in [0, 0.1) is 5.92 Å². The number of nitrogens with two attached hydrogens (primary N) is 1. The molecule has 1 fully saturated rings. The summed E-state index contributed by atoms with van der Waals surface area (Å²) in [5.74, 6) is 0.386. The highest BCUT2D eigenvalue weighted by atomic mass is 16.1. The molecule has 0 radical (unpaired) electrons. The first-order valence-corrected chi connectivity index (χ1v) is 9.52. The third kappa shape index (κ3) is 2.82. The Kier molecular flexibility index (Phi) is 4.24. The first kappa shape index (κ1) is 16.2. The van der Waals surface area contributed by atoms with Crippen molar-refractivity contribution in [2.75, 3.05) is 0 Å². The SMILES string of the molecule is CCc1ccc2c3c(C(N)=O)cccc3n(CC3CCCCC3)c2c1. The van der Waals surface area contributed by atoms with Crippen LogP contribution in [0.15, 0.2) is 36.4 Å². The van der Waals surface area contributed by atoms with Gasteiger partial charge in [0.15, 0.2) is 0 Å². The average molecular weight is 334 g/mol. The van der Waals surface area contributed by atoms with Gasteiger partial charge in [-0.3, -0.25) is 4.79 Å². The number of nitrogens with zero attached hydrogens (tertiary/aromatic N) is 1. The predicted octanol–water partition coefficient (Wildman–Crippen LogP) is 5.04. The zero-order valence-corrected chi connectivity index (χ0v) is 14.9. The van der Waals surface area contributed by atoms with Crippen LogP contribution in [0.5, 0.6) is 0 Å². The van der Waals surface area contributed by atoms with Crippen molar-refractivity contribution < 1.29 is 4.79 Å². The Morgan fingerprint density at radius 2 is 1.92 bits per heavy atom. The number of aryl methyl sites for hydroxylation is 1. The first-order chi connectivity index (χ1) is 12.2. The third-order valence-corrected chi connectivity index (χ3v) is 5.79. The number of aromatic nitrogens is 1. The molecule has 2 N–H and O–H groups in total. The molecule has 3 nitrogen and oxygen atoms in total. The van der Waals surface area contributed by atoms with Gasteiger partial charge in [0.2, 0.25) is 5.91 Å². The molecule has 25 heavy (non-hydrogen) atoms. The molecule has 0 bridgehead atoms. The zero-order chi connectivity index (χ0) is 17.4. The maximum Gasteiger partial charge on any atom is 0.249 e. The van der Waals surface area contributed by atoms with Crippen LogP contribution in [-0.4, -0.2) is 10.5 Å². The minimum Gasteiger partial charge on any atom is -0.366 e. The van der Waals surface area contributed by atoms with Crippen LogP contribution in [0.1, 0.15) is 54.9 Å². The van der Waals surface area contributed by atoms with Crippen LogP contribution in [0.4, 0.5) is 0 Å². The summed E-state index contributed by atoms with van der Waals surface area (Å²) in [7, 11) is 0. The molecule has 0 saturated heterocycles. The summed E-state index contributed by atoms with van der Waals surface area (Å²) in [5, 5.41) is 2.17. The van der Waals surface area contributed by atoms with Crippen molar-refractivity contribution in [2.24, 2.45) is 11.7 Å². The summed E-state index contributed by atoms with van der Waals surface area (Å²) in [6.45, 7) is 3.22. The molecule has 1 aromatic heterocycles. The summed E-state index contributed by atoms with van der Waals surface area (Å²) in [4.78, 5) is 12.0. The zero-order valence-electron chi connectivity index (χ0n) is 14.9. The number of primary amides is 1. The lowest BCUT2D eigenvalue weighted by atomic mass is 9.89. The molecule has 0 unspecified atom stereocenters. The maximum atomic E-state index is 12.0. The van der Waals surface area contributed by atoms with E-state index >= 15 is 0 Å². The molecule has 0 spiro atoms. The van der Waals surface area contributed by atoms with Crippen LogP contribution in [0.2, 0.25) is 0 Å². The van der Waals surface area contributed by atoms with Gasteiger partial charge in [0.1, 0.15) is 0 Å². The van der Waals surface area contributed by atoms with E-state index < -0.39 is 0 Å². The number of hydrogen-bond donors (Lipinski definition) is 1. The van der Waals surface area contributed by atoms with E-state index in [-0.39, 0.29) is 5.91 Å². The summed E-state index contributed by atoms with van der Waals surface area (Å²) >= 11 is 0. The molecule has 1 aliphatic carbocycles. The van der Waals surface area contributed by atoms with E-state index in [1.165, 1.54) is 43.2 Å². The summed E-state index contributed by atoms with van der Waals surface area (Å²) < 4.78 is 2.44. The fourth-order valence-electron chi connectivity index (χ4n) is 4.44. The fourth-order valence-corrected chi connectivity index (χ4v) is 4.44. The summed E-state index contributed by atoms with van der Waals surface area (Å²) in [6.07, 6.45) is 7.69. The van der Waals surface area contributed by atoms with E-state index in [9.17, 15) is 4.79 Å². The number of fused-ring (bicyclic) bond motifs is 3. The van der Waals surface area contributed by atoms with Crippen molar-refractivity contribution in [3.63, 3.8) is 0 Å². The molecular weight excluding hydrogens is 308 g/mol. The van der Waals surface area contributed by atoms with Gasteiger partial charge in [-0.05, 0) is 48.9 Å². The van der Waals surface area contributed by atoms with Crippen LogP contribution in [0.25, 0.3) is 21.8 Å². The molecule has 0 atom stereocenters. The van der Waals surface area contributed by atoms with Crippen LogP contribution >= 0.6 is 0 Å². The van der Waals surface area contributed by atoms with Gasteiger partial charge in [-0.25, -0.2) is 0 Å². The average Bonchev–Trinajstić information content (AvgIpc) is 2.95. The predicted molar refractivity (Wildman–Crippen MR) is 104 cm³/mol. The van der Waals surface area contributed by atoms with Crippen molar-refractivity contribution in [2.45, 2.75) is 52.0 Å². The molecule has 3 heteroatoms. The van der Waals surface area contributed by atoms with Crippen molar-refractivity contribution >= 4 is 27.7 Å². The Hall–Kier alpha value is -2.29. The van der Waals surface area contributed by atoms with Gasteiger partial charge >= 0.3 is 0 Å². The van der Waals surface area contributed by atoms with Gasteiger partial charge in [-0.2, -0.15) is 0 Å². The highest BCUT2D eigenvalue weighted by Crippen LogP contribution is 2.35. The second-order valence-electron chi connectivity index (χ2n) is 7.38. The van der Waals surface area contributed by atoms with Crippen LogP contribution < -0.4 is 5.73 Å². The van der Waals surface area contributed by atoms with E-state index in [4.69, 9.17) is 5.73 Å².